The molecule has 0 saturated carbocycles. The van der Waals surface area contributed by atoms with E-state index in [1.807, 2.05) is 42.8 Å². The van der Waals surface area contributed by atoms with Crippen LogP contribution in [0.3, 0.4) is 0 Å². The third kappa shape index (κ3) is 4.88. The maximum atomic E-state index is 12.2. The Labute approximate surface area is 180 Å². The number of amides is 1. The summed E-state index contributed by atoms with van der Waals surface area (Å²) < 4.78 is 1.92. The van der Waals surface area contributed by atoms with E-state index in [-0.39, 0.29) is 17.9 Å². The number of H-pyrrole nitrogens is 1. The van der Waals surface area contributed by atoms with Crippen molar-refractivity contribution in [2.75, 3.05) is 6.54 Å². The molecule has 2 aromatic carbocycles. The molecule has 0 atom stereocenters. The van der Waals surface area contributed by atoms with Gasteiger partial charge in [-0.05, 0) is 56.2 Å². The van der Waals surface area contributed by atoms with Crippen molar-refractivity contribution in [3.05, 3.63) is 87.7 Å². The topological polar surface area (TPSA) is 92.7 Å². The summed E-state index contributed by atoms with van der Waals surface area (Å²) in [6.45, 7) is 4.57. The molecular weight excluding hydrogens is 390 g/mol. The van der Waals surface area contributed by atoms with E-state index in [4.69, 9.17) is 0 Å². The summed E-state index contributed by atoms with van der Waals surface area (Å²) in [7, 11) is 0. The second-order valence-corrected chi connectivity index (χ2v) is 7.64. The molecule has 4 aromatic rings. The van der Waals surface area contributed by atoms with Crippen LogP contribution in [0.4, 0.5) is 0 Å². The molecule has 7 heteroatoms. The molecule has 31 heavy (non-hydrogen) atoms. The molecule has 0 bridgehead atoms. The van der Waals surface area contributed by atoms with Crippen LogP contribution in [0, 0.1) is 13.8 Å². The number of benzene rings is 2. The number of aryl methyl sites for hydroxylation is 3. The van der Waals surface area contributed by atoms with Crippen molar-refractivity contribution in [1.29, 1.82) is 0 Å². The Morgan fingerprint density at radius 2 is 1.84 bits per heavy atom. The number of para-hydroxylation sites is 1. The highest BCUT2D eigenvalue weighted by molar-refractivity contribution is 5.78. The maximum Gasteiger partial charge on any atom is 0.258 e. The van der Waals surface area contributed by atoms with Crippen molar-refractivity contribution in [1.82, 2.24) is 25.1 Å². The van der Waals surface area contributed by atoms with Gasteiger partial charge in [0.25, 0.3) is 5.56 Å². The summed E-state index contributed by atoms with van der Waals surface area (Å²) in [4.78, 5) is 31.5. The summed E-state index contributed by atoms with van der Waals surface area (Å²) in [6, 6.07) is 17.4. The Bertz CT molecular complexity index is 1270. The van der Waals surface area contributed by atoms with Crippen LogP contribution in [0.1, 0.15) is 29.2 Å². The number of fused-ring (bicyclic) bond motifs is 1. The molecule has 0 aliphatic rings. The van der Waals surface area contributed by atoms with Crippen LogP contribution in [-0.2, 0) is 17.6 Å². The fourth-order valence-electron chi connectivity index (χ4n) is 3.61. The Morgan fingerprint density at radius 1 is 1.06 bits per heavy atom. The standard InChI is InChI=1S/C24H25N5O2/c1-16-15-17(2)29(28-16)19-9-7-18(8-10-19)13-14-25-23(30)12-11-22-26-21-6-4-3-5-20(21)24(31)27-22/h3-10,15H,11-14H2,1-2H3,(H,25,30)(H,26,27,31). The first-order valence-corrected chi connectivity index (χ1v) is 10.4. The van der Waals surface area contributed by atoms with Crippen LogP contribution in [0.25, 0.3) is 16.6 Å². The Balaban J connectivity index is 1.27. The minimum Gasteiger partial charge on any atom is -0.356 e. The van der Waals surface area contributed by atoms with Crippen LogP contribution in [0.15, 0.2) is 59.4 Å². The van der Waals surface area contributed by atoms with Crippen LogP contribution in [0.2, 0.25) is 0 Å². The van der Waals surface area contributed by atoms with Crippen molar-refractivity contribution in [2.24, 2.45) is 0 Å². The normalized spacial score (nSPS) is 11.0. The zero-order chi connectivity index (χ0) is 21.8. The maximum absolute atomic E-state index is 12.2. The van der Waals surface area contributed by atoms with Gasteiger partial charge in [0.1, 0.15) is 5.82 Å². The molecule has 0 unspecified atom stereocenters. The van der Waals surface area contributed by atoms with Crippen molar-refractivity contribution in [3.8, 4) is 5.69 Å². The molecule has 0 saturated heterocycles. The lowest BCUT2D eigenvalue weighted by Gasteiger charge is -2.08. The molecule has 2 N–H and O–H groups in total. The highest BCUT2D eigenvalue weighted by Crippen LogP contribution is 2.13. The van der Waals surface area contributed by atoms with E-state index in [2.05, 4.69) is 32.5 Å². The minimum atomic E-state index is -0.176. The van der Waals surface area contributed by atoms with Gasteiger partial charge in [-0.2, -0.15) is 5.10 Å². The number of carbonyl (C=O) groups is 1. The van der Waals surface area contributed by atoms with Crippen LogP contribution >= 0.6 is 0 Å². The van der Waals surface area contributed by atoms with Crippen molar-refractivity contribution >= 4 is 16.8 Å². The van der Waals surface area contributed by atoms with Crippen LogP contribution < -0.4 is 10.9 Å². The van der Waals surface area contributed by atoms with E-state index in [0.29, 0.717) is 29.7 Å². The van der Waals surface area contributed by atoms with Crippen molar-refractivity contribution < 1.29 is 4.79 Å². The smallest absolute Gasteiger partial charge is 0.258 e. The second-order valence-electron chi connectivity index (χ2n) is 7.64. The van der Waals surface area contributed by atoms with Crippen molar-refractivity contribution in [3.63, 3.8) is 0 Å². The van der Waals surface area contributed by atoms with E-state index < -0.39 is 0 Å². The van der Waals surface area contributed by atoms with E-state index >= 15 is 0 Å². The quantitative estimate of drug-likeness (QED) is 0.485. The number of rotatable bonds is 7. The lowest BCUT2D eigenvalue weighted by Crippen LogP contribution is -2.26. The van der Waals surface area contributed by atoms with Gasteiger partial charge in [0.15, 0.2) is 0 Å². The number of nitrogens with zero attached hydrogens (tertiary/aromatic N) is 3. The molecule has 2 aromatic heterocycles. The first kappa shape index (κ1) is 20.5. The zero-order valence-electron chi connectivity index (χ0n) is 17.7. The molecule has 0 radical (unpaired) electrons. The van der Waals surface area contributed by atoms with Gasteiger partial charge in [0, 0.05) is 25.1 Å². The number of nitrogens with one attached hydrogen (secondary N) is 2. The summed E-state index contributed by atoms with van der Waals surface area (Å²) in [6.07, 6.45) is 1.41. The van der Waals surface area contributed by atoms with Gasteiger partial charge >= 0.3 is 0 Å². The predicted molar refractivity (Wildman–Crippen MR) is 120 cm³/mol. The largest absolute Gasteiger partial charge is 0.356 e. The molecular formula is C24H25N5O2. The Kier molecular flexibility index (Phi) is 5.93. The number of hydrogen-bond acceptors (Lipinski definition) is 4. The molecule has 0 spiro atoms. The highest BCUT2D eigenvalue weighted by atomic mass is 16.1. The average Bonchev–Trinajstić information content (AvgIpc) is 3.11. The fourth-order valence-corrected chi connectivity index (χ4v) is 3.61. The van der Waals surface area contributed by atoms with Gasteiger partial charge in [-0.15, -0.1) is 0 Å². The van der Waals surface area contributed by atoms with Gasteiger partial charge in [-0.1, -0.05) is 24.3 Å². The van der Waals surface area contributed by atoms with E-state index in [1.165, 1.54) is 0 Å². The van der Waals surface area contributed by atoms with Gasteiger partial charge in [-0.3, -0.25) is 9.59 Å². The minimum absolute atomic E-state index is 0.0601. The summed E-state index contributed by atoms with van der Waals surface area (Å²) >= 11 is 0. The summed E-state index contributed by atoms with van der Waals surface area (Å²) in [5, 5.41) is 7.99. The van der Waals surface area contributed by atoms with Gasteiger partial charge < -0.3 is 10.3 Å². The third-order valence-electron chi connectivity index (χ3n) is 5.18. The van der Waals surface area contributed by atoms with Gasteiger partial charge in [0.2, 0.25) is 5.91 Å². The first-order chi connectivity index (χ1) is 15.0. The van der Waals surface area contributed by atoms with E-state index in [1.54, 1.807) is 18.2 Å². The molecule has 0 aliphatic carbocycles. The molecule has 4 rings (SSSR count). The lowest BCUT2D eigenvalue weighted by atomic mass is 10.1. The van der Waals surface area contributed by atoms with E-state index in [0.717, 1.165) is 29.1 Å². The number of hydrogen-bond donors (Lipinski definition) is 2. The molecule has 158 valence electrons. The SMILES string of the molecule is Cc1cc(C)n(-c2ccc(CCNC(=O)CCc3nc4ccccc4c(=O)[nH]3)cc2)n1. The van der Waals surface area contributed by atoms with Crippen molar-refractivity contribution in [2.45, 2.75) is 33.1 Å². The number of aromatic amines is 1. The summed E-state index contributed by atoms with van der Waals surface area (Å²) in [5.74, 6) is 0.466. The first-order valence-electron chi connectivity index (χ1n) is 10.4. The number of carbonyl (C=O) groups excluding carboxylic acids is 1. The van der Waals surface area contributed by atoms with Crippen LogP contribution in [0.5, 0.6) is 0 Å². The molecule has 0 aliphatic heterocycles. The van der Waals surface area contributed by atoms with Gasteiger partial charge in [0.05, 0.1) is 22.3 Å². The second kappa shape index (κ2) is 8.95. The Morgan fingerprint density at radius 3 is 2.58 bits per heavy atom. The summed E-state index contributed by atoms with van der Waals surface area (Å²) in [5.41, 5.74) is 4.73. The van der Waals surface area contributed by atoms with Gasteiger partial charge in [-0.25, -0.2) is 9.67 Å². The average molecular weight is 415 g/mol. The number of aromatic nitrogens is 4. The predicted octanol–water partition coefficient (Wildman–Crippen LogP) is 3.02. The highest BCUT2D eigenvalue weighted by Gasteiger charge is 2.07. The monoisotopic (exact) mass is 415 g/mol. The van der Waals surface area contributed by atoms with Crippen LogP contribution in [-0.4, -0.2) is 32.2 Å². The zero-order valence-corrected chi connectivity index (χ0v) is 17.7. The molecule has 2 heterocycles. The Hall–Kier alpha value is -3.74. The third-order valence-corrected chi connectivity index (χ3v) is 5.18. The molecule has 0 fully saturated rings. The fraction of sp³-hybridized carbons (Fsp3) is 0.250. The molecule has 7 nitrogen and oxygen atoms in total. The molecule has 1 amide bonds. The van der Waals surface area contributed by atoms with E-state index in [9.17, 15) is 9.59 Å². The lowest BCUT2D eigenvalue weighted by molar-refractivity contribution is -0.121.